The van der Waals surface area contributed by atoms with Crippen LogP contribution < -0.4 is 9.47 Å². The van der Waals surface area contributed by atoms with E-state index < -0.39 is 12.6 Å². The zero-order valence-electron chi connectivity index (χ0n) is 20.6. The third-order valence-corrected chi connectivity index (χ3v) is 7.15. The molecule has 0 atom stereocenters. The number of halogens is 2. The number of carboxylic acids is 1. The van der Waals surface area contributed by atoms with E-state index in [-0.39, 0.29) is 18.3 Å². The highest BCUT2D eigenvalue weighted by Crippen LogP contribution is 2.38. The van der Waals surface area contributed by atoms with Crippen LogP contribution in [0.25, 0.3) is 5.57 Å². The van der Waals surface area contributed by atoms with Gasteiger partial charge in [0.05, 0.1) is 5.92 Å². The molecule has 0 saturated carbocycles. The monoisotopic (exact) mass is 485 g/mol. The predicted octanol–water partition coefficient (Wildman–Crippen LogP) is 5.86. The van der Waals surface area contributed by atoms with E-state index in [4.69, 9.17) is 14.6 Å². The summed E-state index contributed by atoms with van der Waals surface area (Å²) >= 11 is 0. The number of allylic oxidation sites excluding steroid dienone is 1. The molecule has 7 heteroatoms. The van der Waals surface area contributed by atoms with E-state index in [1.54, 1.807) is 12.1 Å². The van der Waals surface area contributed by atoms with Gasteiger partial charge in [-0.1, -0.05) is 37.1 Å². The normalized spacial score (nSPS) is 16.3. The van der Waals surface area contributed by atoms with Crippen LogP contribution in [0.2, 0.25) is 0 Å². The standard InChI is InChI=1S/C28H33F2NO4/c1-4-5-19-6-7-21(26(12-19)35-28(29)30)16-34-25-11-10-23-17(2)20(8-9-24(23)18(25)3)13-31-14-22(15-31)27(32)33/h6-7,10-12,22,28H,4-5,8-9,13-16H2,1-3H3,(H,32,33). The number of fused-ring (bicyclic) bond motifs is 1. The molecular weight excluding hydrogens is 452 g/mol. The van der Waals surface area contributed by atoms with Crippen molar-refractivity contribution in [3.63, 3.8) is 0 Å². The Kier molecular flexibility index (Phi) is 7.75. The first kappa shape index (κ1) is 25.2. The average Bonchev–Trinajstić information content (AvgIpc) is 2.77. The van der Waals surface area contributed by atoms with Crippen molar-refractivity contribution in [3.05, 3.63) is 63.7 Å². The van der Waals surface area contributed by atoms with Crippen molar-refractivity contribution >= 4 is 11.5 Å². The third-order valence-electron chi connectivity index (χ3n) is 7.15. The average molecular weight is 486 g/mol. The SMILES string of the molecule is CCCc1ccc(COc2ccc3c(c2C)CCC(CN2CC(C(=O)O)C2)=C3C)c(OC(F)F)c1. The Morgan fingerprint density at radius 3 is 2.60 bits per heavy atom. The molecule has 2 aliphatic rings. The quantitative estimate of drug-likeness (QED) is 0.457. The number of carboxylic acid groups (broad SMARTS) is 1. The van der Waals surface area contributed by atoms with Crippen LogP contribution in [0, 0.1) is 12.8 Å². The van der Waals surface area contributed by atoms with Crippen molar-refractivity contribution in [1.82, 2.24) is 4.90 Å². The van der Waals surface area contributed by atoms with Gasteiger partial charge in [-0.05, 0) is 73.1 Å². The number of alkyl halides is 2. The molecule has 0 radical (unpaired) electrons. The molecule has 0 spiro atoms. The van der Waals surface area contributed by atoms with Crippen LogP contribution in [0.3, 0.4) is 0 Å². The van der Waals surface area contributed by atoms with Gasteiger partial charge in [-0.25, -0.2) is 0 Å². The van der Waals surface area contributed by atoms with Crippen LogP contribution in [0.5, 0.6) is 11.5 Å². The summed E-state index contributed by atoms with van der Waals surface area (Å²) in [5.74, 6) is -0.0501. The maximum atomic E-state index is 13.0. The molecule has 1 N–H and O–H groups in total. The van der Waals surface area contributed by atoms with Gasteiger partial charge in [-0.15, -0.1) is 0 Å². The molecule has 0 bridgehead atoms. The summed E-state index contributed by atoms with van der Waals surface area (Å²) < 4.78 is 36.8. The molecule has 5 nitrogen and oxygen atoms in total. The lowest BCUT2D eigenvalue weighted by molar-refractivity contribution is -0.147. The van der Waals surface area contributed by atoms with E-state index >= 15 is 0 Å². The molecule has 0 unspecified atom stereocenters. The number of nitrogens with zero attached hydrogens (tertiary/aromatic N) is 1. The number of benzene rings is 2. The van der Waals surface area contributed by atoms with Crippen LogP contribution in [0.15, 0.2) is 35.9 Å². The smallest absolute Gasteiger partial charge is 0.387 e. The first-order valence-electron chi connectivity index (χ1n) is 12.2. The fraction of sp³-hybridized carbons (Fsp3) is 0.464. The van der Waals surface area contributed by atoms with E-state index in [2.05, 4.69) is 17.9 Å². The molecule has 1 saturated heterocycles. The number of aryl methyl sites for hydroxylation is 1. The highest BCUT2D eigenvalue weighted by atomic mass is 19.3. The number of hydrogen-bond acceptors (Lipinski definition) is 4. The van der Waals surface area contributed by atoms with Gasteiger partial charge in [0.15, 0.2) is 0 Å². The van der Waals surface area contributed by atoms with E-state index in [0.717, 1.165) is 49.1 Å². The number of hydrogen-bond donors (Lipinski definition) is 1. The lowest BCUT2D eigenvalue weighted by Crippen LogP contribution is -2.50. The van der Waals surface area contributed by atoms with Crippen LogP contribution in [-0.2, 0) is 24.2 Å². The maximum absolute atomic E-state index is 13.0. The lowest BCUT2D eigenvalue weighted by Gasteiger charge is -2.38. The molecule has 2 aromatic rings. The summed E-state index contributed by atoms with van der Waals surface area (Å²) in [6.07, 6.45) is 3.56. The van der Waals surface area contributed by atoms with Gasteiger partial charge >= 0.3 is 12.6 Å². The van der Waals surface area contributed by atoms with Crippen LogP contribution in [0.1, 0.15) is 54.5 Å². The van der Waals surface area contributed by atoms with Crippen LogP contribution in [-0.4, -0.2) is 42.2 Å². The largest absolute Gasteiger partial charge is 0.488 e. The molecule has 0 aromatic heterocycles. The minimum atomic E-state index is -2.88. The van der Waals surface area contributed by atoms with E-state index in [0.29, 0.717) is 18.7 Å². The first-order valence-corrected chi connectivity index (χ1v) is 12.2. The second-order valence-electron chi connectivity index (χ2n) is 9.53. The molecule has 2 aromatic carbocycles. The lowest BCUT2D eigenvalue weighted by atomic mass is 9.83. The minimum absolute atomic E-state index is 0.147. The van der Waals surface area contributed by atoms with Gasteiger partial charge in [0.25, 0.3) is 0 Å². The number of ether oxygens (including phenoxy) is 2. The first-order chi connectivity index (χ1) is 16.8. The van der Waals surface area contributed by atoms with Crippen molar-refractivity contribution in [1.29, 1.82) is 0 Å². The zero-order chi connectivity index (χ0) is 25.1. The maximum Gasteiger partial charge on any atom is 0.387 e. The Morgan fingerprint density at radius 2 is 1.91 bits per heavy atom. The fourth-order valence-corrected chi connectivity index (χ4v) is 5.07. The second-order valence-corrected chi connectivity index (χ2v) is 9.53. The number of rotatable bonds is 10. The summed E-state index contributed by atoms with van der Waals surface area (Å²) in [6, 6.07) is 9.45. The Morgan fingerprint density at radius 1 is 1.14 bits per heavy atom. The van der Waals surface area contributed by atoms with Crippen molar-refractivity contribution in [2.75, 3.05) is 19.6 Å². The fourth-order valence-electron chi connectivity index (χ4n) is 5.07. The molecule has 1 fully saturated rings. The number of likely N-dealkylation sites (tertiary alicyclic amines) is 1. The molecule has 188 valence electrons. The third kappa shape index (κ3) is 5.67. The van der Waals surface area contributed by atoms with Gasteiger partial charge in [0, 0.05) is 25.2 Å². The Hall–Kier alpha value is -2.93. The van der Waals surface area contributed by atoms with Crippen LogP contribution in [0.4, 0.5) is 8.78 Å². The Bertz CT molecular complexity index is 1120. The van der Waals surface area contributed by atoms with E-state index in [1.807, 2.05) is 26.0 Å². The van der Waals surface area contributed by atoms with Gasteiger partial charge in [-0.3, -0.25) is 9.69 Å². The summed E-state index contributed by atoms with van der Waals surface area (Å²) in [7, 11) is 0. The van der Waals surface area contributed by atoms with Crippen LogP contribution >= 0.6 is 0 Å². The van der Waals surface area contributed by atoms with Gasteiger partial charge in [0.2, 0.25) is 0 Å². The van der Waals surface area contributed by atoms with Crippen molar-refractivity contribution < 1.29 is 28.2 Å². The molecule has 1 aliphatic carbocycles. The molecule has 35 heavy (non-hydrogen) atoms. The van der Waals surface area contributed by atoms with Gasteiger partial charge in [0.1, 0.15) is 18.1 Å². The molecule has 0 amide bonds. The predicted molar refractivity (Wildman–Crippen MR) is 131 cm³/mol. The number of carbonyl (C=O) groups is 1. The summed E-state index contributed by atoms with van der Waals surface area (Å²) in [5, 5.41) is 9.11. The highest BCUT2D eigenvalue weighted by Gasteiger charge is 2.33. The van der Waals surface area contributed by atoms with Crippen molar-refractivity contribution in [2.45, 2.75) is 59.7 Å². The molecule has 1 aliphatic heterocycles. The summed E-state index contributed by atoms with van der Waals surface area (Å²) in [6.45, 7) is 5.52. The molecule has 1 heterocycles. The van der Waals surface area contributed by atoms with Crippen molar-refractivity contribution in [3.8, 4) is 11.5 Å². The number of aliphatic carboxylic acids is 1. The summed E-state index contributed by atoms with van der Waals surface area (Å²) in [5.41, 5.74) is 7.68. The second kappa shape index (κ2) is 10.8. The highest BCUT2D eigenvalue weighted by molar-refractivity contribution is 5.74. The van der Waals surface area contributed by atoms with Crippen molar-refractivity contribution in [2.24, 2.45) is 5.92 Å². The Labute approximate surface area is 205 Å². The topological polar surface area (TPSA) is 59.0 Å². The van der Waals surface area contributed by atoms with Gasteiger partial charge < -0.3 is 14.6 Å². The summed E-state index contributed by atoms with van der Waals surface area (Å²) in [4.78, 5) is 13.3. The molecule has 4 rings (SSSR count). The Balaban J connectivity index is 1.47. The van der Waals surface area contributed by atoms with E-state index in [9.17, 15) is 13.6 Å². The zero-order valence-corrected chi connectivity index (χ0v) is 20.6. The minimum Gasteiger partial charge on any atom is -0.488 e. The van der Waals surface area contributed by atoms with E-state index in [1.165, 1.54) is 22.3 Å². The molecular formula is C28H33F2NO4. The van der Waals surface area contributed by atoms with Gasteiger partial charge in [-0.2, -0.15) is 8.78 Å².